The summed E-state index contributed by atoms with van der Waals surface area (Å²) in [5, 5.41) is 3.40. The van der Waals surface area contributed by atoms with Crippen LogP contribution in [0, 0.1) is 0 Å². The maximum atomic E-state index is 12.3. The zero-order valence-corrected chi connectivity index (χ0v) is 15.7. The van der Waals surface area contributed by atoms with E-state index in [-0.39, 0.29) is 25.0 Å². The molecule has 0 aromatic heterocycles. The molecule has 0 spiro atoms. The molecular formula is C18H21ClN2O3S. The van der Waals surface area contributed by atoms with Crippen molar-refractivity contribution in [3.63, 3.8) is 0 Å². The van der Waals surface area contributed by atoms with Crippen LogP contribution in [0.5, 0.6) is 0 Å². The first-order chi connectivity index (χ1) is 11.8. The van der Waals surface area contributed by atoms with Gasteiger partial charge in [-0.1, -0.05) is 54.1 Å². The SMILES string of the molecule is CC(NC(=O)CN(Cc1ccc(Cl)cc1)S(C)(=O)=O)c1ccccc1. The van der Waals surface area contributed by atoms with E-state index in [1.165, 1.54) is 0 Å². The smallest absolute Gasteiger partial charge is 0.235 e. The van der Waals surface area contributed by atoms with Crippen molar-refractivity contribution in [2.75, 3.05) is 12.8 Å². The molecule has 0 radical (unpaired) electrons. The van der Waals surface area contributed by atoms with Gasteiger partial charge in [-0.25, -0.2) is 8.42 Å². The number of hydrogen-bond donors (Lipinski definition) is 1. The Morgan fingerprint density at radius 2 is 1.72 bits per heavy atom. The van der Waals surface area contributed by atoms with E-state index in [1.807, 2.05) is 37.3 Å². The summed E-state index contributed by atoms with van der Waals surface area (Å²) in [6.07, 6.45) is 1.09. The molecule has 0 aliphatic carbocycles. The van der Waals surface area contributed by atoms with Crippen molar-refractivity contribution in [2.24, 2.45) is 0 Å². The first-order valence-corrected chi connectivity index (χ1v) is 10.0. The minimum absolute atomic E-state index is 0.114. The van der Waals surface area contributed by atoms with Crippen molar-refractivity contribution in [2.45, 2.75) is 19.5 Å². The topological polar surface area (TPSA) is 66.5 Å². The standard InChI is InChI=1S/C18H21ClN2O3S/c1-14(16-6-4-3-5-7-16)20-18(22)13-21(25(2,23)24)12-15-8-10-17(19)11-9-15/h3-11,14H,12-13H2,1-2H3,(H,20,22). The van der Waals surface area contributed by atoms with Crippen LogP contribution in [-0.4, -0.2) is 31.4 Å². The summed E-state index contributed by atoms with van der Waals surface area (Å²) >= 11 is 5.84. The van der Waals surface area contributed by atoms with E-state index >= 15 is 0 Å². The average Bonchev–Trinajstić information content (AvgIpc) is 2.56. The minimum Gasteiger partial charge on any atom is -0.348 e. The monoisotopic (exact) mass is 380 g/mol. The average molecular weight is 381 g/mol. The summed E-state index contributed by atoms with van der Waals surface area (Å²) in [6.45, 7) is 1.74. The zero-order chi connectivity index (χ0) is 18.4. The van der Waals surface area contributed by atoms with Gasteiger partial charge in [-0.05, 0) is 30.2 Å². The van der Waals surface area contributed by atoms with E-state index < -0.39 is 10.0 Å². The lowest BCUT2D eigenvalue weighted by Crippen LogP contribution is -2.40. The van der Waals surface area contributed by atoms with E-state index in [2.05, 4.69) is 5.32 Å². The number of sulfonamides is 1. The molecule has 1 atom stereocenters. The van der Waals surface area contributed by atoms with Crippen molar-refractivity contribution < 1.29 is 13.2 Å². The second kappa shape index (κ2) is 8.47. The Bertz CT molecular complexity index is 808. The predicted molar refractivity (Wildman–Crippen MR) is 99.7 cm³/mol. The molecule has 25 heavy (non-hydrogen) atoms. The molecule has 0 aliphatic rings. The fourth-order valence-electron chi connectivity index (χ4n) is 2.36. The summed E-state index contributed by atoms with van der Waals surface area (Å²) < 4.78 is 25.2. The molecular weight excluding hydrogens is 360 g/mol. The Hall–Kier alpha value is -1.89. The Morgan fingerprint density at radius 3 is 2.28 bits per heavy atom. The van der Waals surface area contributed by atoms with Gasteiger partial charge in [-0.15, -0.1) is 0 Å². The molecule has 0 heterocycles. The molecule has 5 nitrogen and oxygen atoms in total. The Morgan fingerprint density at radius 1 is 1.12 bits per heavy atom. The van der Waals surface area contributed by atoms with Gasteiger partial charge in [0, 0.05) is 11.6 Å². The number of nitrogens with one attached hydrogen (secondary N) is 1. The van der Waals surface area contributed by atoms with Gasteiger partial charge in [0.2, 0.25) is 15.9 Å². The van der Waals surface area contributed by atoms with Crippen LogP contribution in [0.2, 0.25) is 5.02 Å². The van der Waals surface area contributed by atoms with Gasteiger partial charge in [0.15, 0.2) is 0 Å². The molecule has 1 N–H and O–H groups in total. The number of halogens is 1. The Labute approximate surface area is 153 Å². The molecule has 1 unspecified atom stereocenters. The van der Waals surface area contributed by atoms with Crippen LogP contribution >= 0.6 is 11.6 Å². The highest BCUT2D eigenvalue weighted by atomic mass is 35.5. The highest BCUT2D eigenvalue weighted by molar-refractivity contribution is 7.88. The van der Waals surface area contributed by atoms with E-state index in [0.717, 1.165) is 21.7 Å². The molecule has 1 amide bonds. The molecule has 0 fully saturated rings. The first-order valence-electron chi connectivity index (χ1n) is 7.79. The van der Waals surface area contributed by atoms with Crippen molar-refractivity contribution >= 4 is 27.5 Å². The molecule has 0 aliphatic heterocycles. The Balaban J connectivity index is 2.04. The maximum absolute atomic E-state index is 12.3. The van der Waals surface area contributed by atoms with Crippen molar-refractivity contribution in [3.8, 4) is 0 Å². The molecule has 0 saturated heterocycles. The van der Waals surface area contributed by atoms with Gasteiger partial charge in [0.1, 0.15) is 0 Å². The molecule has 134 valence electrons. The second-order valence-corrected chi connectivity index (χ2v) is 8.28. The lowest BCUT2D eigenvalue weighted by Gasteiger charge is -2.21. The lowest BCUT2D eigenvalue weighted by atomic mass is 10.1. The number of benzene rings is 2. The molecule has 2 rings (SSSR count). The molecule has 7 heteroatoms. The lowest BCUT2D eigenvalue weighted by molar-refractivity contribution is -0.122. The quantitative estimate of drug-likeness (QED) is 0.803. The van der Waals surface area contributed by atoms with Gasteiger partial charge in [0.25, 0.3) is 0 Å². The number of carbonyl (C=O) groups excluding carboxylic acids is 1. The summed E-state index contributed by atoms with van der Waals surface area (Å²) in [5.41, 5.74) is 1.72. The predicted octanol–water partition coefficient (Wildman–Crippen LogP) is 2.98. The maximum Gasteiger partial charge on any atom is 0.235 e. The van der Waals surface area contributed by atoms with Crippen LogP contribution in [-0.2, 0) is 21.4 Å². The van der Waals surface area contributed by atoms with E-state index in [9.17, 15) is 13.2 Å². The van der Waals surface area contributed by atoms with Gasteiger partial charge in [0.05, 0.1) is 18.8 Å². The largest absolute Gasteiger partial charge is 0.348 e. The van der Waals surface area contributed by atoms with Gasteiger partial charge < -0.3 is 5.32 Å². The third kappa shape index (κ3) is 6.16. The number of hydrogen-bond acceptors (Lipinski definition) is 3. The minimum atomic E-state index is -3.53. The van der Waals surface area contributed by atoms with Crippen LogP contribution in [0.15, 0.2) is 54.6 Å². The third-order valence-corrected chi connectivity index (χ3v) is 5.19. The van der Waals surface area contributed by atoms with Crippen LogP contribution in [0.3, 0.4) is 0 Å². The van der Waals surface area contributed by atoms with E-state index in [4.69, 9.17) is 11.6 Å². The van der Waals surface area contributed by atoms with Crippen molar-refractivity contribution in [3.05, 3.63) is 70.7 Å². The molecule has 0 saturated carbocycles. The highest BCUT2D eigenvalue weighted by Gasteiger charge is 2.21. The van der Waals surface area contributed by atoms with Crippen LogP contribution in [0.1, 0.15) is 24.1 Å². The second-order valence-electron chi connectivity index (χ2n) is 5.86. The van der Waals surface area contributed by atoms with Gasteiger partial charge in [-0.3, -0.25) is 4.79 Å². The van der Waals surface area contributed by atoms with E-state index in [0.29, 0.717) is 5.02 Å². The summed E-state index contributed by atoms with van der Waals surface area (Å²) in [7, 11) is -3.53. The van der Waals surface area contributed by atoms with Crippen LogP contribution < -0.4 is 5.32 Å². The summed E-state index contributed by atoms with van der Waals surface area (Å²) in [4.78, 5) is 12.3. The van der Waals surface area contributed by atoms with E-state index in [1.54, 1.807) is 24.3 Å². The molecule has 2 aromatic carbocycles. The highest BCUT2D eigenvalue weighted by Crippen LogP contribution is 2.14. The fourth-order valence-corrected chi connectivity index (χ4v) is 3.22. The molecule has 0 bridgehead atoms. The van der Waals surface area contributed by atoms with Crippen molar-refractivity contribution in [1.29, 1.82) is 0 Å². The number of carbonyl (C=O) groups is 1. The van der Waals surface area contributed by atoms with Gasteiger partial charge >= 0.3 is 0 Å². The van der Waals surface area contributed by atoms with Crippen LogP contribution in [0.25, 0.3) is 0 Å². The van der Waals surface area contributed by atoms with Gasteiger partial charge in [-0.2, -0.15) is 4.31 Å². The summed E-state index contributed by atoms with van der Waals surface area (Å²) in [6, 6.07) is 16.2. The third-order valence-electron chi connectivity index (χ3n) is 3.74. The molecule has 2 aromatic rings. The Kier molecular flexibility index (Phi) is 6.58. The first kappa shape index (κ1) is 19.4. The number of nitrogens with zero attached hydrogens (tertiary/aromatic N) is 1. The van der Waals surface area contributed by atoms with Crippen molar-refractivity contribution in [1.82, 2.24) is 9.62 Å². The number of amides is 1. The zero-order valence-electron chi connectivity index (χ0n) is 14.1. The normalized spacial score (nSPS) is 12.8. The number of rotatable bonds is 7. The fraction of sp³-hybridized carbons (Fsp3) is 0.278. The van der Waals surface area contributed by atoms with Crippen LogP contribution in [0.4, 0.5) is 0 Å². The summed E-state index contributed by atoms with van der Waals surface area (Å²) in [5.74, 6) is -0.351.